The second-order valence-corrected chi connectivity index (χ2v) is 6.17. The standard InChI is InChI=1S/C14H20BrNO3/c1-14(2,3)19-13(18)8-16-12(9-17)10-5-4-6-11(15)7-10/h4-7,12,16-17H,8-9H2,1-3H3/t12-/m0/s1. The molecule has 0 spiro atoms. The van der Waals surface area contributed by atoms with Gasteiger partial charge in [0.15, 0.2) is 0 Å². The molecule has 0 aliphatic carbocycles. The molecule has 0 radical (unpaired) electrons. The largest absolute Gasteiger partial charge is 0.459 e. The Morgan fingerprint density at radius 2 is 2.16 bits per heavy atom. The van der Waals surface area contributed by atoms with Crippen LogP contribution >= 0.6 is 15.9 Å². The maximum absolute atomic E-state index is 11.6. The van der Waals surface area contributed by atoms with E-state index in [1.54, 1.807) is 0 Å². The van der Waals surface area contributed by atoms with Crippen LogP contribution in [0.25, 0.3) is 0 Å². The second kappa shape index (κ2) is 7.03. The van der Waals surface area contributed by atoms with E-state index in [1.807, 2.05) is 45.0 Å². The first kappa shape index (κ1) is 16.1. The predicted octanol–water partition coefficient (Wildman–Crippen LogP) is 2.41. The van der Waals surface area contributed by atoms with Gasteiger partial charge in [-0.25, -0.2) is 0 Å². The molecule has 5 heteroatoms. The van der Waals surface area contributed by atoms with Gasteiger partial charge in [0.25, 0.3) is 0 Å². The number of halogens is 1. The fourth-order valence-electron chi connectivity index (χ4n) is 1.60. The minimum Gasteiger partial charge on any atom is -0.459 e. The van der Waals surface area contributed by atoms with Gasteiger partial charge in [-0.1, -0.05) is 28.1 Å². The molecule has 0 fully saturated rings. The summed E-state index contributed by atoms with van der Waals surface area (Å²) in [6.45, 7) is 5.45. The number of ether oxygens (including phenoxy) is 1. The zero-order chi connectivity index (χ0) is 14.5. The van der Waals surface area contributed by atoms with Crippen LogP contribution in [0.2, 0.25) is 0 Å². The van der Waals surface area contributed by atoms with E-state index in [9.17, 15) is 9.90 Å². The van der Waals surface area contributed by atoms with Crippen molar-refractivity contribution in [2.75, 3.05) is 13.2 Å². The van der Waals surface area contributed by atoms with Crippen molar-refractivity contribution in [3.05, 3.63) is 34.3 Å². The van der Waals surface area contributed by atoms with Crippen LogP contribution in [-0.4, -0.2) is 29.8 Å². The highest BCUT2D eigenvalue weighted by molar-refractivity contribution is 9.10. The van der Waals surface area contributed by atoms with Gasteiger partial charge >= 0.3 is 5.97 Å². The third-order valence-corrected chi connectivity index (χ3v) is 2.84. The average molecular weight is 330 g/mol. The molecule has 1 atom stereocenters. The lowest BCUT2D eigenvalue weighted by Gasteiger charge is -2.21. The number of carbonyl (C=O) groups is 1. The molecule has 0 aromatic heterocycles. The molecule has 1 aromatic carbocycles. The number of aliphatic hydroxyl groups is 1. The summed E-state index contributed by atoms with van der Waals surface area (Å²) in [6, 6.07) is 7.31. The molecule has 2 N–H and O–H groups in total. The van der Waals surface area contributed by atoms with Crippen molar-refractivity contribution in [3.8, 4) is 0 Å². The van der Waals surface area contributed by atoms with E-state index in [0.717, 1.165) is 10.0 Å². The molecule has 4 nitrogen and oxygen atoms in total. The van der Waals surface area contributed by atoms with Crippen molar-refractivity contribution >= 4 is 21.9 Å². The summed E-state index contributed by atoms with van der Waals surface area (Å²) in [6.07, 6.45) is 0. The number of benzene rings is 1. The molecule has 0 unspecified atom stereocenters. The Kier molecular flexibility index (Phi) is 5.97. The predicted molar refractivity (Wildman–Crippen MR) is 77.8 cm³/mol. The van der Waals surface area contributed by atoms with Gasteiger partial charge in [-0.05, 0) is 38.5 Å². The van der Waals surface area contributed by atoms with Crippen LogP contribution in [0.1, 0.15) is 32.4 Å². The van der Waals surface area contributed by atoms with Crippen molar-refractivity contribution in [1.82, 2.24) is 5.32 Å². The van der Waals surface area contributed by atoms with Crippen molar-refractivity contribution < 1.29 is 14.6 Å². The summed E-state index contributed by atoms with van der Waals surface area (Å²) in [5.41, 5.74) is 0.420. The molecule has 0 amide bonds. The second-order valence-electron chi connectivity index (χ2n) is 5.26. The lowest BCUT2D eigenvalue weighted by molar-refractivity contribution is -0.153. The monoisotopic (exact) mass is 329 g/mol. The highest BCUT2D eigenvalue weighted by Gasteiger charge is 2.18. The van der Waals surface area contributed by atoms with E-state index >= 15 is 0 Å². The Morgan fingerprint density at radius 1 is 1.47 bits per heavy atom. The molecule has 0 bridgehead atoms. The minimum absolute atomic E-state index is 0.0645. The quantitative estimate of drug-likeness (QED) is 0.814. The number of hydrogen-bond acceptors (Lipinski definition) is 4. The lowest BCUT2D eigenvalue weighted by Crippen LogP contribution is -2.34. The van der Waals surface area contributed by atoms with Crippen LogP contribution in [0.15, 0.2) is 28.7 Å². The molecule has 106 valence electrons. The topological polar surface area (TPSA) is 58.6 Å². The van der Waals surface area contributed by atoms with Crippen LogP contribution in [-0.2, 0) is 9.53 Å². The Hall–Kier alpha value is -0.910. The van der Waals surface area contributed by atoms with Crippen molar-refractivity contribution in [2.45, 2.75) is 32.4 Å². The van der Waals surface area contributed by atoms with Gasteiger partial charge in [-0.3, -0.25) is 10.1 Å². The number of nitrogens with one attached hydrogen (secondary N) is 1. The first-order valence-corrected chi connectivity index (χ1v) is 6.92. The first-order valence-electron chi connectivity index (χ1n) is 6.13. The Labute approximate surface area is 122 Å². The summed E-state index contributed by atoms with van der Waals surface area (Å²) in [4.78, 5) is 11.6. The van der Waals surface area contributed by atoms with E-state index in [4.69, 9.17) is 4.74 Å². The molecule has 19 heavy (non-hydrogen) atoms. The number of aliphatic hydroxyl groups excluding tert-OH is 1. The van der Waals surface area contributed by atoms with Gasteiger partial charge in [0, 0.05) is 4.47 Å². The van der Waals surface area contributed by atoms with Crippen molar-refractivity contribution in [2.24, 2.45) is 0 Å². The fourth-order valence-corrected chi connectivity index (χ4v) is 2.01. The molecular formula is C14H20BrNO3. The lowest BCUT2D eigenvalue weighted by atomic mass is 10.1. The van der Waals surface area contributed by atoms with Gasteiger partial charge in [0.05, 0.1) is 19.2 Å². The summed E-state index contributed by atoms with van der Waals surface area (Å²) < 4.78 is 6.13. The van der Waals surface area contributed by atoms with Crippen molar-refractivity contribution in [3.63, 3.8) is 0 Å². The van der Waals surface area contributed by atoms with E-state index < -0.39 is 5.60 Å². The van der Waals surface area contributed by atoms with E-state index in [2.05, 4.69) is 21.2 Å². The van der Waals surface area contributed by atoms with E-state index in [-0.39, 0.29) is 25.2 Å². The number of hydrogen-bond donors (Lipinski definition) is 2. The number of carbonyl (C=O) groups excluding carboxylic acids is 1. The Morgan fingerprint density at radius 3 is 2.68 bits per heavy atom. The van der Waals surface area contributed by atoms with Crippen LogP contribution in [0.4, 0.5) is 0 Å². The molecule has 1 aromatic rings. The summed E-state index contributed by atoms with van der Waals surface area (Å²) >= 11 is 3.38. The molecule has 0 saturated heterocycles. The molecule has 0 heterocycles. The zero-order valence-corrected chi connectivity index (χ0v) is 13.0. The van der Waals surface area contributed by atoms with Crippen LogP contribution in [0.5, 0.6) is 0 Å². The Balaban J connectivity index is 2.56. The minimum atomic E-state index is -0.497. The zero-order valence-electron chi connectivity index (χ0n) is 11.4. The van der Waals surface area contributed by atoms with Crippen LogP contribution < -0.4 is 5.32 Å². The van der Waals surface area contributed by atoms with Gasteiger partial charge in [0.2, 0.25) is 0 Å². The van der Waals surface area contributed by atoms with Gasteiger partial charge < -0.3 is 9.84 Å². The molecule has 0 saturated carbocycles. The normalized spacial score (nSPS) is 13.1. The molecular weight excluding hydrogens is 310 g/mol. The maximum atomic E-state index is 11.6. The van der Waals surface area contributed by atoms with Gasteiger partial charge in [-0.2, -0.15) is 0 Å². The molecule has 1 rings (SSSR count). The van der Waals surface area contributed by atoms with Gasteiger partial charge in [-0.15, -0.1) is 0 Å². The SMILES string of the molecule is CC(C)(C)OC(=O)CN[C@@H](CO)c1cccc(Br)c1. The number of rotatable bonds is 5. The summed E-state index contributed by atoms with van der Waals surface area (Å²) in [5.74, 6) is -0.332. The molecule has 0 aliphatic heterocycles. The van der Waals surface area contributed by atoms with Crippen molar-refractivity contribution in [1.29, 1.82) is 0 Å². The fraction of sp³-hybridized carbons (Fsp3) is 0.500. The smallest absolute Gasteiger partial charge is 0.320 e. The molecule has 0 aliphatic rings. The van der Waals surface area contributed by atoms with Crippen LogP contribution in [0.3, 0.4) is 0 Å². The third kappa shape index (κ3) is 6.18. The van der Waals surface area contributed by atoms with Crippen LogP contribution in [0, 0.1) is 0 Å². The van der Waals surface area contributed by atoms with E-state index in [1.165, 1.54) is 0 Å². The summed E-state index contributed by atoms with van der Waals surface area (Å²) in [7, 11) is 0. The van der Waals surface area contributed by atoms with Gasteiger partial charge in [0.1, 0.15) is 5.60 Å². The average Bonchev–Trinajstić information content (AvgIpc) is 2.27. The highest BCUT2D eigenvalue weighted by Crippen LogP contribution is 2.18. The highest BCUT2D eigenvalue weighted by atomic mass is 79.9. The summed E-state index contributed by atoms with van der Waals surface area (Å²) in [5, 5.41) is 12.4. The Bertz CT molecular complexity index is 429. The third-order valence-electron chi connectivity index (χ3n) is 2.35. The maximum Gasteiger partial charge on any atom is 0.320 e. The van der Waals surface area contributed by atoms with E-state index in [0.29, 0.717) is 0 Å². The number of esters is 1. The first-order chi connectivity index (χ1) is 8.81.